The lowest BCUT2D eigenvalue weighted by Crippen LogP contribution is -2.41. The van der Waals surface area contributed by atoms with Gasteiger partial charge in [0.15, 0.2) is 0 Å². The SMILES string of the molecule is CCCCCCCC/C=C/CCCCCCCCCCO[C@@H]1CO[C@@H]([C@@H](O)CO)[C@H]1O. The Kier molecular flexibility index (Phi) is 18.6. The van der Waals surface area contributed by atoms with Crippen LogP contribution in [0.3, 0.4) is 0 Å². The van der Waals surface area contributed by atoms with Crippen molar-refractivity contribution in [2.45, 2.75) is 134 Å². The average molecular weight is 443 g/mol. The van der Waals surface area contributed by atoms with Crippen molar-refractivity contribution in [1.29, 1.82) is 0 Å². The molecule has 0 bridgehead atoms. The van der Waals surface area contributed by atoms with Crippen molar-refractivity contribution >= 4 is 0 Å². The highest BCUT2D eigenvalue weighted by Crippen LogP contribution is 2.20. The minimum atomic E-state index is -1.05. The second-order valence-electron chi connectivity index (χ2n) is 9.09. The maximum atomic E-state index is 10.1. The van der Waals surface area contributed by atoms with Gasteiger partial charge in [0.1, 0.15) is 24.4 Å². The molecule has 1 rings (SSSR count). The van der Waals surface area contributed by atoms with E-state index in [2.05, 4.69) is 19.1 Å². The van der Waals surface area contributed by atoms with Gasteiger partial charge in [-0.1, -0.05) is 89.7 Å². The van der Waals surface area contributed by atoms with E-state index in [0.29, 0.717) is 6.61 Å². The van der Waals surface area contributed by atoms with E-state index >= 15 is 0 Å². The van der Waals surface area contributed by atoms with Crippen molar-refractivity contribution in [2.75, 3.05) is 19.8 Å². The molecule has 0 radical (unpaired) electrons. The number of rotatable bonds is 21. The van der Waals surface area contributed by atoms with Crippen molar-refractivity contribution in [1.82, 2.24) is 0 Å². The molecule has 1 heterocycles. The van der Waals surface area contributed by atoms with Crippen LogP contribution < -0.4 is 0 Å². The van der Waals surface area contributed by atoms with Gasteiger partial charge in [-0.3, -0.25) is 0 Å². The molecular formula is C26H50O5. The van der Waals surface area contributed by atoms with Crippen LogP contribution in [0, 0.1) is 0 Å². The minimum Gasteiger partial charge on any atom is -0.394 e. The fourth-order valence-electron chi connectivity index (χ4n) is 4.14. The van der Waals surface area contributed by atoms with E-state index < -0.39 is 31.0 Å². The molecule has 0 aliphatic carbocycles. The zero-order chi connectivity index (χ0) is 22.6. The number of ether oxygens (including phenoxy) is 2. The quantitative estimate of drug-likeness (QED) is 0.166. The molecule has 0 aromatic heterocycles. The molecule has 0 saturated carbocycles. The van der Waals surface area contributed by atoms with Gasteiger partial charge in [-0.05, 0) is 32.1 Å². The predicted octanol–water partition coefficient (Wildman–Crippen LogP) is 5.30. The fraction of sp³-hybridized carbons (Fsp3) is 0.923. The summed E-state index contributed by atoms with van der Waals surface area (Å²) in [6.07, 6.45) is 22.4. The van der Waals surface area contributed by atoms with Crippen molar-refractivity contribution in [3.63, 3.8) is 0 Å². The van der Waals surface area contributed by atoms with Gasteiger partial charge in [-0.2, -0.15) is 0 Å². The first-order chi connectivity index (χ1) is 15.2. The number of hydrogen-bond acceptors (Lipinski definition) is 5. The Hall–Kier alpha value is -0.460. The summed E-state index contributed by atoms with van der Waals surface area (Å²) in [6.45, 7) is 2.74. The smallest absolute Gasteiger partial charge is 0.114 e. The van der Waals surface area contributed by atoms with E-state index in [1.165, 1.54) is 89.9 Å². The van der Waals surface area contributed by atoms with Crippen LogP contribution in [-0.2, 0) is 9.47 Å². The topological polar surface area (TPSA) is 79.2 Å². The number of aliphatic hydroxyl groups excluding tert-OH is 3. The summed E-state index contributed by atoms with van der Waals surface area (Å²) in [5.74, 6) is 0. The molecule has 1 aliphatic rings. The van der Waals surface area contributed by atoms with Crippen LogP contribution in [0.1, 0.15) is 110 Å². The second kappa shape index (κ2) is 20.2. The van der Waals surface area contributed by atoms with Crippen LogP contribution in [0.4, 0.5) is 0 Å². The molecule has 31 heavy (non-hydrogen) atoms. The minimum absolute atomic E-state index is 0.275. The Balaban J connectivity index is 1.80. The van der Waals surface area contributed by atoms with Crippen molar-refractivity contribution in [3.05, 3.63) is 12.2 Å². The van der Waals surface area contributed by atoms with E-state index in [0.717, 1.165) is 12.8 Å². The van der Waals surface area contributed by atoms with Crippen molar-refractivity contribution in [3.8, 4) is 0 Å². The summed E-state index contributed by atoms with van der Waals surface area (Å²) in [4.78, 5) is 0. The molecule has 4 atom stereocenters. The molecule has 0 amide bonds. The van der Waals surface area contributed by atoms with Crippen LogP contribution in [0.15, 0.2) is 12.2 Å². The second-order valence-corrected chi connectivity index (χ2v) is 9.09. The van der Waals surface area contributed by atoms with E-state index in [4.69, 9.17) is 14.6 Å². The van der Waals surface area contributed by atoms with Gasteiger partial charge in [-0.25, -0.2) is 0 Å². The van der Waals surface area contributed by atoms with Gasteiger partial charge in [-0.15, -0.1) is 0 Å². The summed E-state index contributed by atoms with van der Waals surface area (Å²) in [6, 6.07) is 0. The zero-order valence-corrected chi connectivity index (χ0v) is 20.1. The first-order valence-corrected chi connectivity index (χ1v) is 13.1. The molecule has 0 unspecified atom stereocenters. The van der Waals surface area contributed by atoms with Crippen molar-refractivity contribution < 1.29 is 24.8 Å². The fourth-order valence-corrected chi connectivity index (χ4v) is 4.14. The molecule has 3 N–H and O–H groups in total. The summed E-state index contributed by atoms with van der Waals surface area (Å²) in [7, 11) is 0. The van der Waals surface area contributed by atoms with Crippen molar-refractivity contribution in [2.24, 2.45) is 0 Å². The van der Waals surface area contributed by atoms with Gasteiger partial charge in [0.2, 0.25) is 0 Å². The number of aliphatic hydroxyl groups is 3. The molecule has 0 aromatic rings. The van der Waals surface area contributed by atoms with Crippen LogP contribution in [0.25, 0.3) is 0 Å². The molecule has 0 spiro atoms. The summed E-state index contributed by atoms with van der Waals surface area (Å²) < 4.78 is 11.0. The molecule has 1 fully saturated rings. The molecular weight excluding hydrogens is 392 g/mol. The lowest BCUT2D eigenvalue weighted by atomic mass is 10.1. The standard InChI is InChI=1S/C26H50O5/c1-2-3-4-5-6-7-8-9-10-11-12-13-14-15-16-17-18-19-20-30-24-22-31-26(25(24)29)23(28)21-27/h9-10,23-29H,2-8,11-22H2,1H3/b10-9+/t23-,24+,25-,26-/m0/s1. The summed E-state index contributed by atoms with van der Waals surface area (Å²) in [5.41, 5.74) is 0. The van der Waals surface area contributed by atoms with E-state index in [1.807, 2.05) is 0 Å². The highest BCUT2D eigenvalue weighted by molar-refractivity contribution is 4.88. The normalized spacial score (nSPS) is 22.5. The van der Waals surface area contributed by atoms with Crippen LogP contribution in [0.2, 0.25) is 0 Å². The third-order valence-corrected chi connectivity index (χ3v) is 6.22. The third-order valence-electron chi connectivity index (χ3n) is 6.22. The molecule has 1 saturated heterocycles. The maximum Gasteiger partial charge on any atom is 0.114 e. The van der Waals surface area contributed by atoms with Crippen LogP contribution >= 0.6 is 0 Å². The Bertz CT molecular complexity index is 415. The Morgan fingerprint density at radius 2 is 1.35 bits per heavy atom. The number of hydrogen-bond donors (Lipinski definition) is 3. The van der Waals surface area contributed by atoms with Gasteiger partial charge in [0.25, 0.3) is 0 Å². The number of unbranched alkanes of at least 4 members (excludes halogenated alkanes) is 14. The Morgan fingerprint density at radius 1 is 0.839 bits per heavy atom. The van der Waals surface area contributed by atoms with Gasteiger partial charge < -0.3 is 24.8 Å². The predicted molar refractivity (Wildman–Crippen MR) is 127 cm³/mol. The molecule has 1 aliphatic heterocycles. The molecule has 5 heteroatoms. The maximum absolute atomic E-state index is 10.1. The first-order valence-electron chi connectivity index (χ1n) is 13.1. The average Bonchev–Trinajstić information content (AvgIpc) is 3.15. The van der Waals surface area contributed by atoms with Gasteiger partial charge in [0.05, 0.1) is 13.2 Å². The Morgan fingerprint density at radius 3 is 1.90 bits per heavy atom. The lowest BCUT2D eigenvalue weighted by Gasteiger charge is -2.20. The zero-order valence-electron chi connectivity index (χ0n) is 20.1. The lowest BCUT2D eigenvalue weighted by molar-refractivity contribution is -0.0730. The van der Waals surface area contributed by atoms with Gasteiger partial charge in [0, 0.05) is 6.61 Å². The molecule has 184 valence electrons. The number of allylic oxidation sites excluding steroid dienone is 2. The Labute approximate surface area is 191 Å². The molecule has 0 aromatic carbocycles. The van der Waals surface area contributed by atoms with E-state index in [-0.39, 0.29) is 6.61 Å². The highest BCUT2D eigenvalue weighted by Gasteiger charge is 2.40. The highest BCUT2D eigenvalue weighted by atomic mass is 16.6. The van der Waals surface area contributed by atoms with Crippen LogP contribution in [-0.4, -0.2) is 59.6 Å². The van der Waals surface area contributed by atoms with Gasteiger partial charge >= 0.3 is 0 Å². The summed E-state index contributed by atoms with van der Waals surface area (Å²) >= 11 is 0. The van der Waals surface area contributed by atoms with E-state index in [1.54, 1.807) is 0 Å². The first kappa shape index (κ1) is 28.6. The van der Waals surface area contributed by atoms with E-state index in [9.17, 15) is 10.2 Å². The molecule has 5 nitrogen and oxygen atoms in total. The summed E-state index contributed by atoms with van der Waals surface area (Å²) in [5, 5.41) is 28.6. The van der Waals surface area contributed by atoms with Crippen LogP contribution in [0.5, 0.6) is 0 Å². The monoisotopic (exact) mass is 442 g/mol. The largest absolute Gasteiger partial charge is 0.394 e. The third kappa shape index (κ3) is 14.3.